The molecule has 3 heterocycles. The van der Waals surface area contributed by atoms with E-state index in [0.717, 1.165) is 17.2 Å². The summed E-state index contributed by atoms with van der Waals surface area (Å²) in [7, 11) is -1.60. The molecule has 0 radical (unpaired) electrons. The van der Waals surface area contributed by atoms with Gasteiger partial charge in [-0.25, -0.2) is 13.4 Å². The summed E-state index contributed by atoms with van der Waals surface area (Å²) in [5, 5.41) is 0.934. The van der Waals surface area contributed by atoms with Crippen molar-refractivity contribution in [2.24, 2.45) is 7.05 Å². The van der Waals surface area contributed by atoms with Crippen LogP contribution >= 0.6 is 0 Å². The molecule has 5 rings (SSSR count). The first-order chi connectivity index (χ1) is 16.8. The Hall–Kier alpha value is -4.37. The predicted molar refractivity (Wildman–Crippen MR) is 132 cm³/mol. The van der Waals surface area contributed by atoms with E-state index < -0.39 is 9.84 Å². The first kappa shape index (κ1) is 22.4. The molecule has 0 fully saturated rings. The molecule has 0 unspecified atom stereocenters. The van der Waals surface area contributed by atoms with Crippen LogP contribution in [0, 0.1) is 0 Å². The third kappa shape index (κ3) is 4.53. The lowest BCUT2D eigenvalue weighted by Crippen LogP contribution is -2.16. The monoisotopic (exact) mass is 487 g/mol. The van der Waals surface area contributed by atoms with Crippen LogP contribution in [0.1, 0.15) is 0 Å². The fourth-order valence-electron chi connectivity index (χ4n) is 3.67. The Balaban J connectivity index is 1.44. The molecular weight excluding hydrogens is 466 g/mol. The maximum absolute atomic E-state index is 12.4. The molecule has 35 heavy (non-hydrogen) atoms. The number of rotatable bonds is 6. The number of para-hydroxylation sites is 1. The molecule has 5 aromatic rings. The van der Waals surface area contributed by atoms with Gasteiger partial charge >= 0.3 is 0 Å². The highest BCUT2D eigenvalue weighted by atomic mass is 32.2. The van der Waals surface area contributed by atoms with Crippen molar-refractivity contribution in [2.45, 2.75) is 4.90 Å². The van der Waals surface area contributed by atoms with Gasteiger partial charge < -0.3 is 14.0 Å². The number of fused-ring (bicyclic) bond motifs is 1. The molecule has 0 spiro atoms. The molecule has 0 saturated heterocycles. The average molecular weight is 488 g/mol. The van der Waals surface area contributed by atoms with Crippen LogP contribution in [0.25, 0.3) is 16.7 Å². The molecule has 0 N–H and O–H groups in total. The van der Waals surface area contributed by atoms with Crippen molar-refractivity contribution in [3.8, 4) is 28.8 Å². The van der Waals surface area contributed by atoms with Crippen molar-refractivity contribution in [3.63, 3.8) is 0 Å². The van der Waals surface area contributed by atoms with E-state index in [-0.39, 0.29) is 16.2 Å². The van der Waals surface area contributed by atoms with Gasteiger partial charge in [-0.15, -0.1) is 0 Å². The molecule has 176 valence electrons. The zero-order chi connectivity index (χ0) is 24.6. The van der Waals surface area contributed by atoms with E-state index >= 15 is 0 Å². The van der Waals surface area contributed by atoms with Gasteiger partial charge in [0, 0.05) is 31.1 Å². The highest BCUT2D eigenvalue weighted by molar-refractivity contribution is 7.90. The SMILES string of the molecule is Cn1cccc(Oc2cccc3ccn(-c4ccc(Oc5ccc(S(C)(=O)=O)cc5)cn4)c23)c1=O. The fraction of sp³-hybridized carbons (Fsp3) is 0.0769. The largest absolute Gasteiger partial charge is 0.456 e. The minimum atomic E-state index is -3.27. The third-order valence-corrected chi connectivity index (χ3v) is 6.57. The van der Waals surface area contributed by atoms with E-state index in [2.05, 4.69) is 4.98 Å². The van der Waals surface area contributed by atoms with Crippen molar-refractivity contribution in [1.82, 2.24) is 14.1 Å². The lowest BCUT2D eigenvalue weighted by Gasteiger charge is -2.12. The number of hydrogen-bond donors (Lipinski definition) is 0. The first-order valence-electron chi connectivity index (χ1n) is 10.7. The topological polar surface area (TPSA) is 92.4 Å². The van der Waals surface area contributed by atoms with Crippen LogP contribution in [0.15, 0.2) is 101 Å². The number of hydrogen-bond acceptors (Lipinski definition) is 6. The van der Waals surface area contributed by atoms with Gasteiger partial charge in [0.2, 0.25) is 0 Å². The number of pyridine rings is 2. The molecule has 9 heteroatoms. The molecule has 3 aromatic heterocycles. The number of ether oxygens (including phenoxy) is 2. The van der Waals surface area contributed by atoms with Gasteiger partial charge in [-0.05, 0) is 60.7 Å². The Bertz CT molecular complexity index is 1690. The van der Waals surface area contributed by atoms with Crippen molar-refractivity contribution in [1.29, 1.82) is 0 Å². The smallest absolute Gasteiger partial charge is 0.293 e. The van der Waals surface area contributed by atoms with Crippen LogP contribution in [-0.4, -0.2) is 28.8 Å². The van der Waals surface area contributed by atoms with Gasteiger partial charge in [-0.1, -0.05) is 12.1 Å². The van der Waals surface area contributed by atoms with E-state index in [0.29, 0.717) is 23.1 Å². The highest BCUT2D eigenvalue weighted by Crippen LogP contribution is 2.32. The van der Waals surface area contributed by atoms with Crippen LogP contribution in [-0.2, 0) is 16.9 Å². The standard InChI is InChI=1S/C26H21N3O5S/c1-28-15-4-7-23(26(28)30)34-22-6-3-5-18-14-16-29(25(18)22)24-13-10-20(17-27-24)33-19-8-11-21(12-9-19)35(2,31)32/h3-17H,1-2H3. The minimum Gasteiger partial charge on any atom is -0.456 e. The molecule has 0 aliphatic heterocycles. The Morgan fingerprint density at radius 3 is 2.26 bits per heavy atom. The summed E-state index contributed by atoms with van der Waals surface area (Å²) < 4.78 is 38.4. The van der Waals surface area contributed by atoms with Crippen molar-refractivity contribution < 1.29 is 17.9 Å². The summed E-state index contributed by atoms with van der Waals surface area (Å²) in [5.74, 6) is 2.40. The van der Waals surface area contributed by atoms with Gasteiger partial charge in [0.15, 0.2) is 21.3 Å². The summed E-state index contributed by atoms with van der Waals surface area (Å²) in [5.41, 5.74) is 0.544. The minimum absolute atomic E-state index is 0.226. The van der Waals surface area contributed by atoms with E-state index in [1.54, 1.807) is 55.8 Å². The van der Waals surface area contributed by atoms with Crippen LogP contribution in [0.3, 0.4) is 0 Å². The van der Waals surface area contributed by atoms with Crippen LogP contribution in [0.4, 0.5) is 0 Å². The molecule has 0 atom stereocenters. The summed E-state index contributed by atoms with van der Waals surface area (Å²) in [6.07, 6.45) is 6.30. The van der Waals surface area contributed by atoms with Crippen LogP contribution in [0.2, 0.25) is 0 Å². The zero-order valence-electron chi connectivity index (χ0n) is 19.0. The van der Waals surface area contributed by atoms with E-state index in [1.165, 1.54) is 16.7 Å². The Labute approximate surface area is 201 Å². The lowest BCUT2D eigenvalue weighted by molar-refractivity contribution is 0.473. The quantitative estimate of drug-likeness (QED) is 0.344. The maximum atomic E-state index is 12.4. The number of benzene rings is 2. The Kier molecular flexibility index (Phi) is 5.62. The summed E-state index contributed by atoms with van der Waals surface area (Å²) in [6.45, 7) is 0. The first-order valence-corrected chi connectivity index (χ1v) is 12.6. The second-order valence-electron chi connectivity index (χ2n) is 7.97. The zero-order valence-corrected chi connectivity index (χ0v) is 19.8. The molecule has 8 nitrogen and oxygen atoms in total. The second kappa shape index (κ2) is 8.77. The molecular formula is C26H21N3O5S. The molecule has 0 amide bonds. The molecule has 0 bridgehead atoms. The summed E-state index contributed by atoms with van der Waals surface area (Å²) in [4.78, 5) is 17.2. The molecule has 0 aliphatic carbocycles. The number of sulfone groups is 1. The van der Waals surface area contributed by atoms with Gasteiger partial charge in [0.1, 0.15) is 17.3 Å². The van der Waals surface area contributed by atoms with Gasteiger partial charge in [0.25, 0.3) is 5.56 Å². The van der Waals surface area contributed by atoms with E-state index in [9.17, 15) is 13.2 Å². The van der Waals surface area contributed by atoms with Crippen molar-refractivity contribution in [3.05, 3.63) is 102 Å². The number of aryl methyl sites for hydroxylation is 1. The molecule has 0 aliphatic rings. The Morgan fingerprint density at radius 2 is 1.54 bits per heavy atom. The Morgan fingerprint density at radius 1 is 0.800 bits per heavy atom. The summed E-state index contributed by atoms with van der Waals surface area (Å²) >= 11 is 0. The molecule has 0 saturated carbocycles. The van der Waals surface area contributed by atoms with E-state index in [4.69, 9.17) is 9.47 Å². The third-order valence-electron chi connectivity index (χ3n) is 5.44. The summed E-state index contributed by atoms with van der Waals surface area (Å²) in [6, 6.07) is 20.7. The fourth-order valence-corrected chi connectivity index (χ4v) is 4.30. The highest BCUT2D eigenvalue weighted by Gasteiger charge is 2.13. The van der Waals surface area contributed by atoms with Crippen molar-refractivity contribution in [2.75, 3.05) is 6.26 Å². The van der Waals surface area contributed by atoms with Gasteiger partial charge in [0.05, 0.1) is 16.6 Å². The average Bonchev–Trinajstić information content (AvgIpc) is 3.28. The number of nitrogens with zero attached hydrogens (tertiary/aromatic N) is 3. The van der Waals surface area contributed by atoms with E-state index in [1.807, 2.05) is 35.0 Å². The second-order valence-corrected chi connectivity index (χ2v) is 9.98. The van der Waals surface area contributed by atoms with Gasteiger partial charge in [-0.3, -0.25) is 9.36 Å². The number of aromatic nitrogens is 3. The van der Waals surface area contributed by atoms with Gasteiger partial charge in [-0.2, -0.15) is 0 Å². The normalized spacial score (nSPS) is 11.5. The maximum Gasteiger partial charge on any atom is 0.293 e. The molecule has 2 aromatic carbocycles. The van der Waals surface area contributed by atoms with Crippen LogP contribution < -0.4 is 15.0 Å². The lowest BCUT2D eigenvalue weighted by atomic mass is 10.2. The van der Waals surface area contributed by atoms with Crippen LogP contribution in [0.5, 0.6) is 23.0 Å². The predicted octanol–water partition coefficient (Wildman–Crippen LogP) is 4.71. The van der Waals surface area contributed by atoms with Crippen molar-refractivity contribution >= 4 is 20.7 Å².